The first-order valence-electron chi connectivity index (χ1n) is 4.54. The van der Waals surface area contributed by atoms with Gasteiger partial charge in [0.15, 0.2) is 0 Å². The number of aliphatic carboxylic acids is 1. The summed E-state index contributed by atoms with van der Waals surface area (Å²) >= 11 is 5.86. The predicted molar refractivity (Wildman–Crippen MR) is 63.9 cm³/mol. The highest BCUT2D eigenvalue weighted by atomic mass is 35.5. The highest BCUT2D eigenvalue weighted by Crippen LogP contribution is 2.25. The van der Waals surface area contributed by atoms with Gasteiger partial charge in [-0.1, -0.05) is 11.6 Å². The molecule has 0 fully saturated rings. The standard InChI is InChI=1S/C11H10ClNO4/c1-17-11(16)7-4-6(2-3-10(14)15)8(12)5-9(7)13/h2-5H,13H2,1H3,(H,14,15). The van der Waals surface area contributed by atoms with Crippen LogP contribution in [0, 0.1) is 0 Å². The first-order chi connectivity index (χ1) is 7.95. The zero-order valence-corrected chi connectivity index (χ0v) is 9.69. The number of nitrogens with two attached hydrogens (primary N) is 1. The Morgan fingerprint density at radius 3 is 2.65 bits per heavy atom. The van der Waals surface area contributed by atoms with Crippen molar-refractivity contribution in [1.82, 2.24) is 0 Å². The van der Waals surface area contributed by atoms with Gasteiger partial charge in [0, 0.05) is 16.8 Å². The van der Waals surface area contributed by atoms with E-state index in [4.69, 9.17) is 22.4 Å². The van der Waals surface area contributed by atoms with Gasteiger partial charge in [0.25, 0.3) is 0 Å². The van der Waals surface area contributed by atoms with Crippen molar-refractivity contribution < 1.29 is 19.4 Å². The number of rotatable bonds is 3. The largest absolute Gasteiger partial charge is 0.478 e. The molecule has 1 aromatic carbocycles. The van der Waals surface area contributed by atoms with Gasteiger partial charge in [-0.05, 0) is 23.8 Å². The predicted octanol–water partition coefficient (Wildman–Crippen LogP) is 1.81. The molecule has 90 valence electrons. The Labute approximate surface area is 102 Å². The first-order valence-corrected chi connectivity index (χ1v) is 4.92. The number of carboxylic acids is 1. The lowest BCUT2D eigenvalue weighted by Crippen LogP contribution is -2.06. The molecule has 0 aliphatic carbocycles. The summed E-state index contributed by atoms with van der Waals surface area (Å²) in [5.74, 6) is -1.72. The number of nitrogen functional groups attached to an aromatic ring is 1. The molecule has 6 heteroatoms. The Kier molecular flexibility index (Phi) is 4.12. The maximum Gasteiger partial charge on any atom is 0.339 e. The zero-order chi connectivity index (χ0) is 13.0. The molecule has 0 saturated carbocycles. The summed E-state index contributed by atoms with van der Waals surface area (Å²) in [4.78, 5) is 21.7. The van der Waals surface area contributed by atoms with E-state index in [9.17, 15) is 9.59 Å². The molecule has 0 radical (unpaired) electrons. The zero-order valence-electron chi connectivity index (χ0n) is 8.94. The summed E-state index contributed by atoms with van der Waals surface area (Å²) in [5.41, 5.74) is 6.29. The fraction of sp³-hybridized carbons (Fsp3) is 0.0909. The summed E-state index contributed by atoms with van der Waals surface area (Å²) in [5, 5.41) is 8.76. The number of esters is 1. The van der Waals surface area contributed by atoms with E-state index >= 15 is 0 Å². The van der Waals surface area contributed by atoms with E-state index < -0.39 is 11.9 Å². The van der Waals surface area contributed by atoms with Crippen LogP contribution >= 0.6 is 11.6 Å². The number of ether oxygens (including phenoxy) is 1. The average molecular weight is 256 g/mol. The van der Waals surface area contributed by atoms with E-state index in [0.717, 1.165) is 6.08 Å². The molecule has 0 saturated heterocycles. The van der Waals surface area contributed by atoms with Crippen LogP contribution in [0.3, 0.4) is 0 Å². The van der Waals surface area contributed by atoms with Crippen molar-refractivity contribution in [2.24, 2.45) is 0 Å². The third kappa shape index (κ3) is 3.22. The monoisotopic (exact) mass is 255 g/mol. The molecule has 0 bridgehead atoms. The highest BCUT2D eigenvalue weighted by Gasteiger charge is 2.12. The van der Waals surface area contributed by atoms with Crippen LogP contribution in [0.15, 0.2) is 18.2 Å². The first kappa shape index (κ1) is 13.1. The number of carbonyl (C=O) groups excluding carboxylic acids is 1. The minimum atomic E-state index is -1.11. The topological polar surface area (TPSA) is 89.6 Å². The molecule has 17 heavy (non-hydrogen) atoms. The quantitative estimate of drug-likeness (QED) is 0.488. The second-order valence-electron chi connectivity index (χ2n) is 3.12. The number of hydrogen-bond donors (Lipinski definition) is 2. The Hall–Kier alpha value is -2.01. The number of benzene rings is 1. The van der Waals surface area contributed by atoms with Gasteiger partial charge in [-0.3, -0.25) is 0 Å². The molecule has 0 unspecified atom stereocenters. The van der Waals surface area contributed by atoms with E-state index in [1.54, 1.807) is 0 Å². The smallest absolute Gasteiger partial charge is 0.339 e. The van der Waals surface area contributed by atoms with Crippen molar-refractivity contribution in [3.05, 3.63) is 34.4 Å². The van der Waals surface area contributed by atoms with Crippen LogP contribution in [0.25, 0.3) is 6.08 Å². The van der Waals surface area contributed by atoms with E-state index in [0.29, 0.717) is 5.56 Å². The van der Waals surface area contributed by atoms with Gasteiger partial charge >= 0.3 is 11.9 Å². The SMILES string of the molecule is COC(=O)c1cc(C=CC(=O)O)c(Cl)cc1N. The van der Waals surface area contributed by atoms with Crippen molar-refractivity contribution in [2.75, 3.05) is 12.8 Å². The maximum atomic E-state index is 11.4. The van der Waals surface area contributed by atoms with Gasteiger partial charge in [-0.15, -0.1) is 0 Å². The fourth-order valence-electron chi connectivity index (χ4n) is 1.18. The lowest BCUT2D eigenvalue weighted by atomic mass is 10.1. The van der Waals surface area contributed by atoms with Gasteiger partial charge in [-0.25, -0.2) is 9.59 Å². The summed E-state index contributed by atoms with van der Waals surface area (Å²) < 4.78 is 4.54. The molecular weight excluding hydrogens is 246 g/mol. The third-order valence-electron chi connectivity index (χ3n) is 1.98. The average Bonchev–Trinajstić information content (AvgIpc) is 2.26. The van der Waals surface area contributed by atoms with Crippen LogP contribution in [-0.4, -0.2) is 24.2 Å². The van der Waals surface area contributed by atoms with Crippen LogP contribution in [0.2, 0.25) is 5.02 Å². The van der Waals surface area contributed by atoms with Crippen LogP contribution in [0.1, 0.15) is 15.9 Å². The molecule has 0 aliphatic heterocycles. The Bertz CT molecular complexity index is 496. The van der Waals surface area contributed by atoms with Crippen molar-refractivity contribution in [2.45, 2.75) is 0 Å². The van der Waals surface area contributed by atoms with E-state index in [1.807, 2.05) is 0 Å². The number of carboxylic acid groups (broad SMARTS) is 1. The molecule has 5 nitrogen and oxygen atoms in total. The van der Waals surface area contributed by atoms with E-state index in [1.165, 1.54) is 25.3 Å². The number of carbonyl (C=O) groups is 2. The molecule has 3 N–H and O–H groups in total. The third-order valence-corrected chi connectivity index (χ3v) is 2.31. The molecule has 0 amide bonds. The Morgan fingerprint density at radius 2 is 2.12 bits per heavy atom. The highest BCUT2D eigenvalue weighted by molar-refractivity contribution is 6.32. The van der Waals surface area contributed by atoms with Crippen LogP contribution in [0.4, 0.5) is 5.69 Å². The molecule has 0 spiro atoms. The molecular formula is C11H10ClNO4. The van der Waals surface area contributed by atoms with Gasteiger partial charge in [0.05, 0.1) is 12.7 Å². The minimum absolute atomic E-state index is 0.141. The molecule has 0 heterocycles. The lowest BCUT2D eigenvalue weighted by molar-refractivity contribution is -0.131. The van der Waals surface area contributed by atoms with Crippen molar-refractivity contribution >= 4 is 35.3 Å². The summed E-state index contributed by atoms with van der Waals surface area (Å²) in [7, 11) is 1.23. The number of hydrogen-bond acceptors (Lipinski definition) is 4. The Morgan fingerprint density at radius 1 is 1.47 bits per heavy atom. The number of methoxy groups -OCH3 is 1. The molecule has 0 atom stereocenters. The molecule has 0 aliphatic rings. The molecule has 0 aromatic heterocycles. The Balaban J connectivity index is 3.23. The maximum absolute atomic E-state index is 11.4. The van der Waals surface area contributed by atoms with E-state index in [2.05, 4.69) is 4.74 Å². The van der Waals surface area contributed by atoms with Gasteiger partial charge in [-0.2, -0.15) is 0 Å². The normalized spacial score (nSPS) is 10.5. The number of anilines is 1. The van der Waals surface area contributed by atoms with Gasteiger partial charge in [0.1, 0.15) is 0 Å². The molecule has 1 aromatic rings. The summed E-state index contributed by atoms with van der Waals surface area (Å²) in [6, 6.07) is 2.75. The summed E-state index contributed by atoms with van der Waals surface area (Å²) in [6.07, 6.45) is 2.19. The minimum Gasteiger partial charge on any atom is -0.478 e. The van der Waals surface area contributed by atoms with Crippen molar-refractivity contribution in [3.63, 3.8) is 0 Å². The number of halogens is 1. The molecule has 1 rings (SSSR count). The van der Waals surface area contributed by atoms with Crippen LogP contribution in [-0.2, 0) is 9.53 Å². The second kappa shape index (κ2) is 5.36. The van der Waals surface area contributed by atoms with Gasteiger partial charge < -0.3 is 15.6 Å². The van der Waals surface area contributed by atoms with Crippen molar-refractivity contribution in [3.8, 4) is 0 Å². The van der Waals surface area contributed by atoms with Crippen LogP contribution < -0.4 is 5.73 Å². The van der Waals surface area contributed by atoms with Gasteiger partial charge in [0.2, 0.25) is 0 Å². The van der Waals surface area contributed by atoms with Crippen molar-refractivity contribution in [1.29, 1.82) is 0 Å². The fourth-order valence-corrected chi connectivity index (χ4v) is 1.42. The van der Waals surface area contributed by atoms with Crippen LogP contribution in [0.5, 0.6) is 0 Å². The second-order valence-corrected chi connectivity index (χ2v) is 3.53. The summed E-state index contributed by atoms with van der Waals surface area (Å²) in [6.45, 7) is 0. The lowest BCUT2D eigenvalue weighted by Gasteiger charge is -2.06. The van der Waals surface area contributed by atoms with E-state index in [-0.39, 0.29) is 16.3 Å².